The van der Waals surface area contributed by atoms with Gasteiger partial charge in [-0.25, -0.2) is 13.6 Å². The van der Waals surface area contributed by atoms with Gasteiger partial charge in [-0.3, -0.25) is 4.79 Å². The van der Waals surface area contributed by atoms with Crippen LogP contribution in [0.2, 0.25) is 0 Å². The summed E-state index contributed by atoms with van der Waals surface area (Å²) in [6.07, 6.45) is 1.52. The van der Waals surface area contributed by atoms with Crippen molar-refractivity contribution in [1.29, 1.82) is 0 Å². The number of carbonyl (C=O) groups is 1. The van der Waals surface area contributed by atoms with Crippen LogP contribution in [0.4, 0.5) is 0 Å². The predicted octanol–water partition coefficient (Wildman–Crippen LogP) is 1.54. The van der Waals surface area contributed by atoms with Crippen molar-refractivity contribution in [3.8, 4) is 0 Å². The first-order valence-corrected chi connectivity index (χ1v) is 7.63. The van der Waals surface area contributed by atoms with Gasteiger partial charge in [0.05, 0.1) is 0 Å². The quantitative estimate of drug-likeness (QED) is 0.857. The molecule has 1 aromatic heterocycles. The van der Waals surface area contributed by atoms with Crippen LogP contribution in [0.1, 0.15) is 49.9 Å². The number of nitrogens with one attached hydrogen (secondary N) is 1. The van der Waals surface area contributed by atoms with Gasteiger partial charge in [0, 0.05) is 11.6 Å². The molecule has 1 heterocycles. The predicted molar refractivity (Wildman–Crippen MR) is 71.3 cm³/mol. The summed E-state index contributed by atoms with van der Waals surface area (Å²) < 4.78 is 27.7. The maximum atomic E-state index is 12.0. The topological polar surface area (TPSA) is 102 Å². The lowest BCUT2D eigenvalue weighted by atomic mass is 9.95. The van der Waals surface area contributed by atoms with Crippen molar-refractivity contribution >= 4 is 15.9 Å². The number of primary sulfonamides is 1. The van der Waals surface area contributed by atoms with E-state index in [0.717, 1.165) is 18.9 Å². The second-order valence-electron chi connectivity index (χ2n) is 4.80. The fourth-order valence-corrected chi connectivity index (χ4v) is 2.34. The number of sulfonamides is 1. The van der Waals surface area contributed by atoms with E-state index in [2.05, 4.69) is 5.32 Å². The molecule has 6 nitrogen and oxygen atoms in total. The smallest absolute Gasteiger partial charge is 0.287 e. The SMILES string of the molecule is CCC(C)(CC)NC(=O)c1cc(S(N)(=O)=O)c(C)o1. The second-order valence-corrected chi connectivity index (χ2v) is 6.33. The van der Waals surface area contributed by atoms with Gasteiger partial charge in [0.1, 0.15) is 10.7 Å². The number of furan rings is 1. The molecule has 0 bridgehead atoms. The van der Waals surface area contributed by atoms with E-state index < -0.39 is 15.9 Å². The van der Waals surface area contributed by atoms with Crippen LogP contribution in [-0.4, -0.2) is 19.9 Å². The van der Waals surface area contributed by atoms with Crippen molar-refractivity contribution in [2.45, 2.75) is 51.0 Å². The molecule has 0 saturated carbocycles. The molecule has 0 atom stereocenters. The van der Waals surface area contributed by atoms with E-state index in [9.17, 15) is 13.2 Å². The Bertz CT molecular complexity index is 571. The van der Waals surface area contributed by atoms with Crippen LogP contribution in [0.5, 0.6) is 0 Å². The number of rotatable bonds is 5. The van der Waals surface area contributed by atoms with Gasteiger partial charge in [-0.05, 0) is 26.7 Å². The van der Waals surface area contributed by atoms with Crippen LogP contribution in [0.25, 0.3) is 0 Å². The molecule has 0 aromatic carbocycles. The van der Waals surface area contributed by atoms with Gasteiger partial charge in [-0.15, -0.1) is 0 Å². The van der Waals surface area contributed by atoms with Crippen molar-refractivity contribution in [2.75, 3.05) is 0 Å². The lowest BCUT2D eigenvalue weighted by Crippen LogP contribution is -2.44. The summed E-state index contributed by atoms with van der Waals surface area (Å²) >= 11 is 0. The highest BCUT2D eigenvalue weighted by Gasteiger charge is 2.26. The van der Waals surface area contributed by atoms with Crippen molar-refractivity contribution in [1.82, 2.24) is 5.32 Å². The number of hydrogen-bond donors (Lipinski definition) is 2. The molecule has 0 spiro atoms. The molecular weight excluding hydrogens is 268 g/mol. The number of amides is 1. The first-order chi connectivity index (χ1) is 8.63. The van der Waals surface area contributed by atoms with Crippen molar-refractivity contribution < 1.29 is 17.6 Å². The molecule has 0 radical (unpaired) electrons. The molecule has 108 valence electrons. The summed E-state index contributed by atoms with van der Waals surface area (Å²) in [6, 6.07) is 1.16. The Balaban J connectivity index is 3.03. The van der Waals surface area contributed by atoms with E-state index in [0.29, 0.717) is 0 Å². The van der Waals surface area contributed by atoms with Crippen molar-refractivity contribution in [2.24, 2.45) is 5.14 Å². The fraction of sp³-hybridized carbons (Fsp3) is 0.583. The number of carbonyl (C=O) groups excluding carboxylic acids is 1. The highest BCUT2D eigenvalue weighted by molar-refractivity contribution is 7.89. The molecular formula is C12H20N2O4S. The van der Waals surface area contributed by atoms with Gasteiger partial charge in [-0.2, -0.15) is 0 Å². The minimum atomic E-state index is -3.87. The summed E-state index contributed by atoms with van der Waals surface area (Å²) in [5.74, 6) is -0.374. The standard InChI is InChI=1S/C12H20N2O4S/c1-5-12(4,6-2)14-11(15)9-7-10(8(3)18-9)19(13,16)17/h7H,5-6H2,1-4H3,(H,14,15)(H2,13,16,17). The Hall–Kier alpha value is -1.34. The van der Waals surface area contributed by atoms with E-state index in [1.807, 2.05) is 20.8 Å². The zero-order chi connectivity index (χ0) is 14.8. The van der Waals surface area contributed by atoms with E-state index in [4.69, 9.17) is 9.56 Å². The van der Waals surface area contributed by atoms with Crippen LogP contribution in [0, 0.1) is 6.92 Å². The summed E-state index contributed by atoms with van der Waals surface area (Å²) in [5, 5.41) is 7.86. The molecule has 0 aliphatic heterocycles. The Kier molecular flexibility index (Phi) is 4.42. The maximum Gasteiger partial charge on any atom is 0.287 e. The molecule has 0 fully saturated rings. The number of aryl methyl sites for hydroxylation is 1. The minimum Gasteiger partial charge on any atom is -0.455 e. The highest BCUT2D eigenvalue weighted by Crippen LogP contribution is 2.20. The number of hydrogen-bond acceptors (Lipinski definition) is 4. The first-order valence-electron chi connectivity index (χ1n) is 6.08. The molecule has 0 aliphatic rings. The molecule has 3 N–H and O–H groups in total. The molecule has 1 rings (SSSR count). The van der Waals surface area contributed by atoms with E-state index in [1.54, 1.807) is 0 Å². The van der Waals surface area contributed by atoms with Crippen LogP contribution in [0.15, 0.2) is 15.4 Å². The molecule has 1 amide bonds. The average Bonchev–Trinajstić information content (AvgIpc) is 2.71. The van der Waals surface area contributed by atoms with Gasteiger partial charge in [-0.1, -0.05) is 13.8 Å². The average molecular weight is 288 g/mol. The Morgan fingerprint density at radius 1 is 1.42 bits per heavy atom. The summed E-state index contributed by atoms with van der Waals surface area (Å²) in [7, 11) is -3.87. The van der Waals surface area contributed by atoms with Gasteiger partial charge in [0.2, 0.25) is 10.0 Å². The fourth-order valence-electron chi connectivity index (χ4n) is 1.62. The second kappa shape index (κ2) is 5.34. The molecule has 0 unspecified atom stereocenters. The molecule has 1 aromatic rings. The van der Waals surface area contributed by atoms with Crippen LogP contribution < -0.4 is 10.5 Å². The van der Waals surface area contributed by atoms with Gasteiger partial charge in [0.15, 0.2) is 5.76 Å². The third-order valence-electron chi connectivity index (χ3n) is 3.38. The Morgan fingerprint density at radius 2 is 1.95 bits per heavy atom. The van der Waals surface area contributed by atoms with E-state index >= 15 is 0 Å². The monoisotopic (exact) mass is 288 g/mol. The molecule has 7 heteroatoms. The van der Waals surface area contributed by atoms with E-state index in [-0.39, 0.29) is 22.0 Å². The largest absolute Gasteiger partial charge is 0.455 e. The van der Waals surface area contributed by atoms with Gasteiger partial charge in [0.25, 0.3) is 5.91 Å². The molecule has 0 aliphatic carbocycles. The number of nitrogens with two attached hydrogens (primary N) is 1. The third kappa shape index (κ3) is 3.57. The lowest BCUT2D eigenvalue weighted by Gasteiger charge is -2.27. The van der Waals surface area contributed by atoms with Crippen molar-refractivity contribution in [3.63, 3.8) is 0 Å². The summed E-state index contributed by atoms with van der Waals surface area (Å²) in [5.41, 5.74) is -0.348. The minimum absolute atomic E-state index is 0.0466. The van der Waals surface area contributed by atoms with Gasteiger partial charge < -0.3 is 9.73 Å². The van der Waals surface area contributed by atoms with Crippen LogP contribution in [0.3, 0.4) is 0 Å². The van der Waals surface area contributed by atoms with E-state index in [1.165, 1.54) is 6.92 Å². The maximum absolute atomic E-state index is 12.0. The summed E-state index contributed by atoms with van der Waals surface area (Å²) in [4.78, 5) is 11.9. The lowest BCUT2D eigenvalue weighted by molar-refractivity contribution is 0.0871. The molecule has 19 heavy (non-hydrogen) atoms. The zero-order valence-electron chi connectivity index (χ0n) is 11.6. The highest BCUT2D eigenvalue weighted by atomic mass is 32.2. The Labute approximate surface area is 113 Å². The first kappa shape index (κ1) is 15.7. The summed E-state index contributed by atoms with van der Waals surface area (Å²) in [6.45, 7) is 7.30. The Morgan fingerprint density at radius 3 is 2.32 bits per heavy atom. The molecule has 0 saturated heterocycles. The zero-order valence-corrected chi connectivity index (χ0v) is 12.4. The third-order valence-corrected chi connectivity index (χ3v) is 4.40. The van der Waals surface area contributed by atoms with Crippen molar-refractivity contribution in [3.05, 3.63) is 17.6 Å². The normalized spacial score (nSPS) is 12.5. The van der Waals surface area contributed by atoms with Crippen LogP contribution >= 0.6 is 0 Å². The van der Waals surface area contributed by atoms with Crippen LogP contribution in [-0.2, 0) is 10.0 Å². The van der Waals surface area contributed by atoms with Gasteiger partial charge >= 0.3 is 0 Å².